The van der Waals surface area contributed by atoms with Crippen LogP contribution in [0.15, 0.2) is 79.0 Å². The number of rotatable bonds is 7. The first-order valence-electron chi connectivity index (χ1n) is 9.87. The molecule has 0 fully saturated rings. The first kappa shape index (κ1) is 18.8. The molecule has 2 N–H and O–H groups in total. The van der Waals surface area contributed by atoms with Crippen LogP contribution in [0.5, 0.6) is 11.5 Å². The Morgan fingerprint density at radius 1 is 0.966 bits per heavy atom. The fourth-order valence-corrected chi connectivity index (χ4v) is 3.42. The maximum atomic E-state index is 12.3. The highest BCUT2D eigenvalue weighted by atomic mass is 16.5. The number of aromatic amines is 1. The molecule has 0 radical (unpaired) electrons. The molecule has 4 rings (SSSR count). The van der Waals surface area contributed by atoms with Gasteiger partial charge in [-0.2, -0.15) is 0 Å². The second-order valence-electron chi connectivity index (χ2n) is 7.20. The number of nitrogens with one attached hydrogen (secondary N) is 2. The number of carbonyl (C=O) groups excluding carboxylic acids is 1. The van der Waals surface area contributed by atoms with Crippen molar-refractivity contribution in [3.63, 3.8) is 0 Å². The monoisotopic (exact) mass is 384 g/mol. The van der Waals surface area contributed by atoms with Gasteiger partial charge in [-0.25, -0.2) is 0 Å². The molecule has 0 aliphatic rings. The van der Waals surface area contributed by atoms with Crippen molar-refractivity contribution in [1.82, 2.24) is 4.98 Å². The van der Waals surface area contributed by atoms with Crippen molar-refractivity contribution in [2.75, 3.05) is 5.32 Å². The third-order valence-electron chi connectivity index (χ3n) is 4.89. The molecule has 0 aliphatic carbocycles. The summed E-state index contributed by atoms with van der Waals surface area (Å²) in [5.74, 6) is 1.57. The van der Waals surface area contributed by atoms with E-state index in [1.54, 1.807) is 0 Å². The molecule has 146 valence electrons. The molecule has 0 saturated heterocycles. The molecule has 0 bridgehead atoms. The number of anilines is 1. The summed E-state index contributed by atoms with van der Waals surface area (Å²) in [6, 6.07) is 23.6. The van der Waals surface area contributed by atoms with Crippen LogP contribution in [0.3, 0.4) is 0 Å². The fourth-order valence-electron chi connectivity index (χ4n) is 3.42. The van der Waals surface area contributed by atoms with E-state index in [0.717, 1.165) is 41.1 Å². The van der Waals surface area contributed by atoms with E-state index in [-0.39, 0.29) is 5.91 Å². The first-order valence-corrected chi connectivity index (χ1v) is 9.87. The summed E-state index contributed by atoms with van der Waals surface area (Å²) >= 11 is 0. The van der Waals surface area contributed by atoms with E-state index in [9.17, 15) is 4.79 Å². The van der Waals surface area contributed by atoms with Gasteiger partial charge in [-0.15, -0.1) is 0 Å². The molecule has 4 heteroatoms. The van der Waals surface area contributed by atoms with Gasteiger partial charge in [0, 0.05) is 29.2 Å². The Hall–Kier alpha value is -3.53. The molecular weight excluding hydrogens is 360 g/mol. The van der Waals surface area contributed by atoms with Crippen LogP contribution in [-0.2, 0) is 11.2 Å². The van der Waals surface area contributed by atoms with Crippen LogP contribution < -0.4 is 10.1 Å². The standard InChI is InChI=1S/C25H24N2O2/c1-18-6-4-8-22(16-18)29-21-14-12-20(13-15-21)27-25(28)11-5-7-19-17-26-24-10-3-2-9-23(19)24/h2-4,6,8-10,12-17,26H,5,7,11H2,1H3,(H,27,28). The Balaban J connectivity index is 1.27. The summed E-state index contributed by atoms with van der Waals surface area (Å²) in [5, 5.41) is 4.19. The van der Waals surface area contributed by atoms with Gasteiger partial charge in [0.15, 0.2) is 0 Å². The van der Waals surface area contributed by atoms with E-state index >= 15 is 0 Å². The van der Waals surface area contributed by atoms with Gasteiger partial charge in [-0.1, -0.05) is 30.3 Å². The summed E-state index contributed by atoms with van der Waals surface area (Å²) in [5.41, 5.74) is 4.32. The second-order valence-corrected chi connectivity index (χ2v) is 7.20. The van der Waals surface area contributed by atoms with Crippen LogP contribution in [0, 0.1) is 6.92 Å². The minimum atomic E-state index is 0.0252. The molecule has 0 unspecified atom stereocenters. The van der Waals surface area contributed by atoms with E-state index in [1.165, 1.54) is 10.9 Å². The lowest BCUT2D eigenvalue weighted by molar-refractivity contribution is -0.116. The number of benzene rings is 3. The Kier molecular flexibility index (Phi) is 5.61. The summed E-state index contributed by atoms with van der Waals surface area (Å²) in [7, 11) is 0. The first-order chi connectivity index (χ1) is 14.2. The van der Waals surface area contributed by atoms with Crippen LogP contribution in [0.2, 0.25) is 0 Å². The normalized spacial score (nSPS) is 10.8. The third-order valence-corrected chi connectivity index (χ3v) is 4.89. The third kappa shape index (κ3) is 4.85. The maximum absolute atomic E-state index is 12.3. The van der Waals surface area contributed by atoms with E-state index in [1.807, 2.05) is 73.8 Å². The average Bonchev–Trinajstić information content (AvgIpc) is 3.13. The number of hydrogen-bond donors (Lipinski definition) is 2. The summed E-state index contributed by atoms with van der Waals surface area (Å²) in [4.78, 5) is 15.5. The van der Waals surface area contributed by atoms with Crippen LogP contribution in [0.1, 0.15) is 24.0 Å². The summed E-state index contributed by atoms with van der Waals surface area (Å²) in [6.07, 6.45) is 4.21. The zero-order valence-corrected chi connectivity index (χ0v) is 16.4. The van der Waals surface area contributed by atoms with Crippen molar-refractivity contribution in [2.24, 2.45) is 0 Å². The zero-order valence-electron chi connectivity index (χ0n) is 16.4. The largest absolute Gasteiger partial charge is 0.457 e. The number of ether oxygens (including phenoxy) is 1. The zero-order chi connectivity index (χ0) is 20.1. The quantitative estimate of drug-likeness (QED) is 0.397. The van der Waals surface area contributed by atoms with Crippen molar-refractivity contribution < 1.29 is 9.53 Å². The molecule has 1 amide bonds. The van der Waals surface area contributed by atoms with Gasteiger partial charge in [0.2, 0.25) is 5.91 Å². The number of fused-ring (bicyclic) bond motifs is 1. The van der Waals surface area contributed by atoms with E-state index < -0.39 is 0 Å². The molecule has 0 atom stereocenters. The molecule has 1 heterocycles. The van der Waals surface area contributed by atoms with Crippen LogP contribution in [-0.4, -0.2) is 10.9 Å². The predicted octanol–water partition coefficient (Wildman–Crippen LogP) is 6.23. The van der Waals surface area contributed by atoms with Crippen molar-refractivity contribution in [1.29, 1.82) is 0 Å². The number of aryl methyl sites for hydroxylation is 2. The lowest BCUT2D eigenvalue weighted by Crippen LogP contribution is -2.11. The van der Waals surface area contributed by atoms with Gasteiger partial charge in [-0.05, 0) is 73.4 Å². The van der Waals surface area contributed by atoms with Crippen molar-refractivity contribution in [2.45, 2.75) is 26.2 Å². The van der Waals surface area contributed by atoms with E-state index in [4.69, 9.17) is 4.74 Å². The number of H-pyrrole nitrogens is 1. The summed E-state index contributed by atoms with van der Waals surface area (Å²) < 4.78 is 5.84. The number of hydrogen-bond acceptors (Lipinski definition) is 2. The molecule has 29 heavy (non-hydrogen) atoms. The smallest absolute Gasteiger partial charge is 0.224 e. The average molecular weight is 384 g/mol. The lowest BCUT2D eigenvalue weighted by atomic mass is 10.1. The Morgan fingerprint density at radius 2 is 1.79 bits per heavy atom. The SMILES string of the molecule is Cc1cccc(Oc2ccc(NC(=O)CCCc3c[nH]c4ccccc34)cc2)c1. The number of para-hydroxylation sites is 1. The molecule has 3 aromatic carbocycles. The highest BCUT2D eigenvalue weighted by molar-refractivity contribution is 5.90. The van der Waals surface area contributed by atoms with Gasteiger partial charge >= 0.3 is 0 Å². The molecule has 0 aliphatic heterocycles. The Bertz CT molecular complexity index is 1110. The molecule has 4 aromatic rings. The van der Waals surface area contributed by atoms with Gasteiger partial charge in [0.05, 0.1) is 0 Å². The van der Waals surface area contributed by atoms with Crippen LogP contribution >= 0.6 is 0 Å². The molecule has 0 spiro atoms. The molecule has 0 saturated carbocycles. The van der Waals surface area contributed by atoms with Gasteiger partial charge < -0.3 is 15.0 Å². The van der Waals surface area contributed by atoms with E-state index in [0.29, 0.717) is 6.42 Å². The lowest BCUT2D eigenvalue weighted by Gasteiger charge is -2.08. The van der Waals surface area contributed by atoms with Crippen LogP contribution in [0.4, 0.5) is 5.69 Å². The van der Waals surface area contributed by atoms with Crippen molar-refractivity contribution in [3.05, 3.63) is 90.1 Å². The highest BCUT2D eigenvalue weighted by Crippen LogP contribution is 2.24. The number of carbonyl (C=O) groups is 1. The fraction of sp³-hybridized carbons (Fsp3) is 0.160. The predicted molar refractivity (Wildman–Crippen MR) is 118 cm³/mol. The highest BCUT2D eigenvalue weighted by Gasteiger charge is 2.06. The van der Waals surface area contributed by atoms with Crippen LogP contribution in [0.25, 0.3) is 10.9 Å². The minimum absolute atomic E-state index is 0.0252. The van der Waals surface area contributed by atoms with Crippen molar-refractivity contribution >= 4 is 22.5 Å². The topological polar surface area (TPSA) is 54.1 Å². The van der Waals surface area contributed by atoms with Gasteiger partial charge in [0.1, 0.15) is 11.5 Å². The Labute approximate surface area is 170 Å². The number of amides is 1. The van der Waals surface area contributed by atoms with Gasteiger partial charge in [0.25, 0.3) is 0 Å². The van der Waals surface area contributed by atoms with E-state index in [2.05, 4.69) is 22.4 Å². The van der Waals surface area contributed by atoms with Gasteiger partial charge in [-0.3, -0.25) is 4.79 Å². The molecular formula is C25H24N2O2. The number of aromatic nitrogens is 1. The Morgan fingerprint density at radius 3 is 2.62 bits per heavy atom. The van der Waals surface area contributed by atoms with Crippen molar-refractivity contribution in [3.8, 4) is 11.5 Å². The molecule has 4 nitrogen and oxygen atoms in total. The summed E-state index contributed by atoms with van der Waals surface area (Å²) in [6.45, 7) is 2.03. The second kappa shape index (κ2) is 8.65. The maximum Gasteiger partial charge on any atom is 0.224 e. The molecule has 1 aromatic heterocycles. The minimum Gasteiger partial charge on any atom is -0.457 e.